The normalized spacial score (nSPS) is 10.7. The highest BCUT2D eigenvalue weighted by molar-refractivity contribution is 14.0. The predicted molar refractivity (Wildman–Crippen MR) is 145 cm³/mol. The molecule has 0 saturated carbocycles. The van der Waals surface area contributed by atoms with Gasteiger partial charge in [-0.2, -0.15) is 0 Å². The highest BCUT2D eigenvalue weighted by Gasteiger charge is 2.09. The summed E-state index contributed by atoms with van der Waals surface area (Å²) in [5, 5.41) is 6.67. The number of ether oxygens (including phenoxy) is 1. The fraction of sp³-hybridized carbons (Fsp3) is 0.231. The third kappa shape index (κ3) is 8.09. The van der Waals surface area contributed by atoms with Gasteiger partial charge in [0.15, 0.2) is 5.96 Å². The molecule has 33 heavy (non-hydrogen) atoms. The van der Waals surface area contributed by atoms with Gasteiger partial charge in [-0.05, 0) is 42.3 Å². The Morgan fingerprint density at radius 2 is 1.67 bits per heavy atom. The van der Waals surface area contributed by atoms with Gasteiger partial charge >= 0.3 is 0 Å². The smallest absolute Gasteiger partial charge is 0.253 e. The van der Waals surface area contributed by atoms with Gasteiger partial charge in [0.05, 0.1) is 0 Å². The zero-order valence-electron chi connectivity index (χ0n) is 19.2. The zero-order valence-corrected chi connectivity index (χ0v) is 21.6. The average Bonchev–Trinajstić information content (AvgIpc) is 2.82. The Balaban J connectivity index is 0.00000385. The molecule has 3 rings (SSSR count). The number of nitrogens with one attached hydrogen (secondary N) is 2. The molecule has 0 aromatic heterocycles. The quantitative estimate of drug-likeness (QED) is 0.239. The van der Waals surface area contributed by atoms with Crippen LogP contribution in [0.15, 0.2) is 83.9 Å². The number of amides is 1. The molecule has 0 saturated heterocycles. The fourth-order valence-electron chi connectivity index (χ4n) is 3.21. The summed E-state index contributed by atoms with van der Waals surface area (Å²) in [6, 6.07) is 25.4. The van der Waals surface area contributed by atoms with E-state index in [9.17, 15) is 4.79 Å². The lowest BCUT2D eigenvalue weighted by Crippen LogP contribution is -2.37. The number of benzene rings is 3. The Labute approximate surface area is 213 Å². The van der Waals surface area contributed by atoms with E-state index in [1.54, 1.807) is 26.0 Å². The van der Waals surface area contributed by atoms with Gasteiger partial charge in [0, 0.05) is 45.4 Å². The molecule has 1 amide bonds. The van der Waals surface area contributed by atoms with Crippen LogP contribution in [0.3, 0.4) is 0 Å². The van der Waals surface area contributed by atoms with E-state index < -0.39 is 0 Å². The summed E-state index contributed by atoms with van der Waals surface area (Å²) >= 11 is 0. The molecule has 174 valence electrons. The average molecular weight is 558 g/mol. The molecule has 2 N–H and O–H groups in total. The molecule has 3 aromatic rings. The lowest BCUT2D eigenvalue weighted by atomic mass is 10.1. The molecule has 0 unspecified atom stereocenters. The van der Waals surface area contributed by atoms with Crippen LogP contribution in [-0.2, 0) is 13.0 Å². The largest absolute Gasteiger partial charge is 0.457 e. The SMILES string of the molecule is CN=C(NCCc1cccc(C(=O)N(C)C)c1)NCc1ccccc1Oc1ccccc1.I. The van der Waals surface area contributed by atoms with Crippen LogP contribution in [0, 0.1) is 0 Å². The van der Waals surface area contributed by atoms with E-state index >= 15 is 0 Å². The Kier molecular flexibility index (Phi) is 10.7. The van der Waals surface area contributed by atoms with Gasteiger partial charge in [-0.15, -0.1) is 24.0 Å². The van der Waals surface area contributed by atoms with Gasteiger partial charge in [-0.3, -0.25) is 9.79 Å². The lowest BCUT2D eigenvalue weighted by Gasteiger charge is -2.15. The van der Waals surface area contributed by atoms with Gasteiger partial charge in [0.2, 0.25) is 0 Å². The van der Waals surface area contributed by atoms with Crippen molar-refractivity contribution in [3.05, 3.63) is 95.6 Å². The van der Waals surface area contributed by atoms with Crippen LogP contribution in [0.25, 0.3) is 0 Å². The minimum absolute atomic E-state index is 0. The van der Waals surface area contributed by atoms with Crippen LogP contribution in [0.2, 0.25) is 0 Å². The maximum Gasteiger partial charge on any atom is 0.253 e. The van der Waals surface area contributed by atoms with Crippen molar-refractivity contribution in [3.8, 4) is 11.5 Å². The zero-order chi connectivity index (χ0) is 22.8. The first kappa shape index (κ1) is 26.2. The Bertz CT molecular complexity index is 1050. The molecule has 0 radical (unpaired) electrons. The number of hydrogen-bond donors (Lipinski definition) is 2. The Hall–Kier alpha value is -3.07. The van der Waals surface area contributed by atoms with Crippen molar-refractivity contribution in [1.29, 1.82) is 0 Å². The van der Waals surface area contributed by atoms with Crippen molar-refractivity contribution >= 4 is 35.8 Å². The second kappa shape index (κ2) is 13.5. The van der Waals surface area contributed by atoms with E-state index in [4.69, 9.17) is 4.74 Å². The monoisotopic (exact) mass is 558 g/mol. The molecule has 0 heterocycles. The highest BCUT2D eigenvalue weighted by atomic mass is 127. The summed E-state index contributed by atoms with van der Waals surface area (Å²) < 4.78 is 6.03. The number of halogens is 1. The van der Waals surface area contributed by atoms with Crippen LogP contribution in [0.5, 0.6) is 11.5 Å². The third-order valence-corrected chi connectivity index (χ3v) is 4.90. The van der Waals surface area contributed by atoms with Gasteiger partial charge < -0.3 is 20.3 Å². The molecule has 0 bridgehead atoms. The summed E-state index contributed by atoms with van der Waals surface area (Å²) in [7, 11) is 5.27. The number of nitrogens with zero attached hydrogens (tertiary/aromatic N) is 2. The fourth-order valence-corrected chi connectivity index (χ4v) is 3.21. The number of aliphatic imine (C=N–C) groups is 1. The molecule has 0 aliphatic carbocycles. The summed E-state index contributed by atoms with van der Waals surface area (Å²) in [5.41, 5.74) is 2.83. The van der Waals surface area contributed by atoms with Crippen LogP contribution in [0.1, 0.15) is 21.5 Å². The number of para-hydroxylation sites is 2. The first-order valence-corrected chi connectivity index (χ1v) is 10.6. The van der Waals surface area contributed by atoms with Gasteiger partial charge in [0.1, 0.15) is 11.5 Å². The minimum atomic E-state index is 0. The molecule has 0 atom stereocenters. The predicted octanol–water partition coefficient (Wildman–Crippen LogP) is 4.71. The standard InChI is InChI=1S/C26H30N4O2.HI/c1-27-26(28-17-16-20-10-9-12-21(18-20)25(31)30(2)3)29-19-22-11-7-8-15-24(22)32-23-13-5-4-6-14-23;/h4-15,18H,16-17,19H2,1-3H3,(H2,27,28,29);1H. The number of carbonyl (C=O) groups excluding carboxylic acids is 1. The lowest BCUT2D eigenvalue weighted by molar-refractivity contribution is 0.0827. The van der Waals surface area contributed by atoms with E-state index in [2.05, 4.69) is 15.6 Å². The molecule has 6 nitrogen and oxygen atoms in total. The molecule has 0 aliphatic heterocycles. The number of hydrogen-bond acceptors (Lipinski definition) is 3. The molecule has 7 heteroatoms. The maximum absolute atomic E-state index is 12.2. The summed E-state index contributed by atoms with van der Waals surface area (Å²) in [5.74, 6) is 2.33. The van der Waals surface area contributed by atoms with E-state index in [0.29, 0.717) is 24.6 Å². The summed E-state index contributed by atoms with van der Waals surface area (Å²) in [6.45, 7) is 1.27. The Morgan fingerprint density at radius 1 is 0.939 bits per heavy atom. The Morgan fingerprint density at radius 3 is 2.39 bits per heavy atom. The van der Waals surface area contributed by atoms with Crippen LogP contribution < -0.4 is 15.4 Å². The summed E-state index contributed by atoms with van der Waals surface area (Å²) in [6.07, 6.45) is 0.781. The van der Waals surface area contributed by atoms with Crippen LogP contribution >= 0.6 is 24.0 Å². The minimum Gasteiger partial charge on any atom is -0.457 e. The first-order chi connectivity index (χ1) is 15.6. The topological polar surface area (TPSA) is 66.0 Å². The van der Waals surface area contributed by atoms with Crippen molar-refractivity contribution in [2.45, 2.75) is 13.0 Å². The van der Waals surface area contributed by atoms with Crippen molar-refractivity contribution < 1.29 is 9.53 Å². The van der Waals surface area contributed by atoms with E-state index in [0.717, 1.165) is 29.0 Å². The van der Waals surface area contributed by atoms with E-state index in [-0.39, 0.29) is 29.9 Å². The molecule has 0 fully saturated rings. The number of carbonyl (C=O) groups is 1. The number of rotatable bonds is 8. The molecule has 0 aliphatic rings. The van der Waals surface area contributed by atoms with Gasteiger partial charge in [-0.1, -0.05) is 48.5 Å². The van der Waals surface area contributed by atoms with Crippen LogP contribution in [0.4, 0.5) is 0 Å². The van der Waals surface area contributed by atoms with Crippen molar-refractivity contribution in [2.75, 3.05) is 27.7 Å². The molecular weight excluding hydrogens is 527 g/mol. The first-order valence-electron chi connectivity index (χ1n) is 10.6. The van der Waals surface area contributed by atoms with Gasteiger partial charge in [-0.25, -0.2) is 0 Å². The van der Waals surface area contributed by atoms with Gasteiger partial charge in [0.25, 0.3) is 5.91 Å². The highest BCUT2D eigenvalue weighted by Crippen LogP contribution is 2.24. The molecular formula is C26H31IN4O2. The van der Waals surface area contributed by atoms with E-state index in [1.807, 2.05) is 78.9 Å². The van der Waals surface area contributed by atoms with Crippen molar-refractivity contribution in [1.82, 2.24) is 15.5 Å². The molecule has 0 spiro atoms. The maximum atomic E-state index is 12.2. The molecule has 3 aromatic carbocycles. The van der Waals surface area contributed by atoms with Crippen molar-refractivity contribution in [2.24, 2.45) is 4.99 Å². The van der Waals surface area contributed by atoms with Crippen LogP contribution in [-0.4, -0.2) is 44.5 Å². The number of guanidine groups is 1. The third-order valence-electron chi connectivity index (χ3n) is 4.90. The summed E-state index contributed by atoms with van der Waals surface area (Å²) in [4.78, 5) is 18.1. The second-order valence-electron chi connectivity index (χ2n) is 7.53. The van der Waals surface area contributed by atoms with E-state index in [1.165, 1.54) is 0 Å². The van der Waals surface area contributed by atoms with Crippen molar-refractivity contribution in [3.63, 3.8) is 0 Å². The second-order valence-corrected chi connectivity index (χ2v) is 7.53.